The zero-order chi connectivity index (χ0) is 19.3. The van der Waals surface area contributed by atoms with Gasteiger partial charge >= 0.3 is 5.97 Å². The number of ether oxygens (including phenoxy) is 2. The topological polar surface area (TPSA) is 84.9 Å². The molecule has 0 saturated carbocycles. The second kappa shape index (κ2) is 8.80. The second-order valence-electron chi connectivity index (χ2n) is 7.31. The lowest BCUT2D eigenvalue weighted by Crippen LogP contribution is -2.50. The van der Waals surface area contributed by atoms with Gasteiger partial charge in [-0.15, -0.1) is 0 Å². The van der Waals surface area contributed by atoms with E-state index in [1.54, 1.807) is 12.1 Å². The molecule has 0 radical (unpaired) electrons. The molecule has 1 unspecified atom stereocenters. The molecule has 2 heterocycles. The van der Waals surface area contributed by atoms with Crippen molar-refractivity contribution in [2.75, 3.05) is 33.0 Å². The molecule has 0 aliphatic carbocycles. The van der Waals surface area contributed by atoms with Crippen LogP contribution >= 0.6 is 0 Å². The summed E-state index contributed by atoms with van der Waals surface area (Å²) in [7, 11) is 0. The molecule has 148 valence electrons. The van der Waals surface area contributed by atoms with Gasteiger partial charge in [0.25, 0.3) is 0 Å². The SMILES string of the molecule is O=C(O)C(CNC(=O)C1(c2ccc(F)cc2)CCOCC1)C1CCOCC1. The average molecular weight is 379 g/mol. The number of carbonyl (C=O) groups is 2. The highest BCUT2D eigenvalue weighted by molar-refractivity contribution is 5.88. The minimum atomic E-state index is -0.898. The number of carboxylic acid groups (broad SMARTS) is 1. The van der Waals surface area contributed by atoms with Gasteiger partial charge in [-0.3, -0.25) is 9.59 Å². The van der Waals surface area contributed by atoms with Crippen molar-refractivity contribution < 1.29 is 28.6 Å². The lowest BCUT2D eigenvalue weighted by molar-refractivity contribution is -0.145. The van der Waals surface area contributed by atoms with Crippen molar-refractivity contribution in [2.45, 2.75) is 31.1 Å². The van der Waals surface area contributed by atoms with Crippen LogP contribution in [0.3, 0.4) is 0 Å². The van der Waals surface area contributed by atoms with Crippen molar-refractivity contribution in [3.63, 3.8) is 0 Å². The van der Waals surface area contributed by atoms with Gasteiger partial charge in [0.15, 0.2) is 0 Å². The van der Waals surface area contributed by atoms with E-state index in [4.69, 9.17) is 9.47 Å². The van der Waals surface area contributed by atoms with Crippen molar-refractivity contribution in [1.29, 1.82) is 0 Å². The molecular formula is C20H26FNO5. The summed E-state index contributed by atoms with van der Waals surface area (Å²) in [6.45, 7) is 2.07. The molecule has 2 saturated heterocycles. The third kappa shape index (κ3) is 4.47. The van der Waals surface area contributed by atoms with Crippen LogP contribution in [0, 0.1) is 17.7 Å². The smallest absolute Gasteiger partial charge is 0.308 e. The van der Waals surface area contributed by atoms with Crippen molar-refractivity contribution in [1.82, 2.24) is 5.32 Å². The quantitative estimate of drug-likeness (QED) is 0.791. The van der Waals surface area contributed by atoms with Crippen LogP contribution in [-0.4, -0.2) is 50.0 Å². The second-order valence-corrected chi connectivity index (χ2v) is 7.31. The average Bonchev–Trinajstić information content (AvgIpc) is 2.69. The number of hydrogen-bond acceptors (Lipinski definition) is 4. The summed E-state index contributed by atoms with van der Waals surface area (Å²) >= 11 is 0. The number of hydrogen-bond donors (Lipinski definition) is 2. The Labute approximate surface area is 158 Å². The predicted molar refractivity (Wildman–Crippen MR) is 95.8 cm³/mol. The molecule has 6 nitrogen and oxygen atoms in total. The van der Waals surface area contributed by atoms with E-state index in [2.05, 4.69) is 5.32 Å². The van der Waals surface area contributed by atoms with Crippen molar-refractivity contribution in [2.24, 2.45) is 11.8 Å². The fourth-order valence-electron chi connectivity index (χ4n) is 4.08. The third-order valence-electron chi connectivity index (χ3n) is 5.81. The van der Waals surface area contributed by atoms with Gasteiger partial charge in [0, 0.05) is 33.0 Å². The van der Waals surface area contributed by atoms with Crippen LogP contribution in [0.15, 0.2) is 24.3 Å². The van der Waals surface area contributed by atoms with Crippen LogP contribution in [-0.2, 0) is 24.5 Å². The Hall–Kier alpha value is -1.99. The molecule has 7 heteroatoms. The highest BCUT2D eigenvalue weighted by atomic mass is 19.1. The Balaban J connectivity index is 1.74. The van der Waals surface area contributed by atoms with Crippen LogP contribution < -0.4 is 5.32 Å². The largest absolute Gasteiger partial charge is 0.481 e. The molecule has 0 aromatic heterocycles. The lowest BCUT2D eigenvalue weighted by Gasteiger charge is -2.37. The maximum absolute atomic E-state index is 13.3. The first-order valence-electron chi connectivity index (χ1n) is 9.45. The monoisotopic (exact) mass is 379 g/mol. The summed E-state index contributed by atoms with van der Waals surface area (Å²) in [5.41, 5.74) is -0.0762. The van der Waals surface area contributed by atoms with Crippen molar-refractivity contribution >= 4 is 11.9 Å². The first-order valence-corrected chi connectivity index (χ1v) is 9.45. The van der Waals surface area contributed by atoms with Crippen molar-refractivity contribution in [3.8, 4) is 0 Å². The van der Waals surface area contributed by atoms with E-state index in [1.807, 2.05) is 0 Å². The molecular weight excluding hydrogens is 353 g/mol. The van der Waals surface area contributed by atoms with Crippen LogP contribution in [0.5, 0.6) is 0 Å². The summed E-state index contributed by atoms with van der Waals surface area (Å²) in [6.07, 6.45) is 2.34. The highest BCUT2D eigenvalue weighted by Crippen LogP contribution is 2.35. The summed E-state index contributed by atoms with van der Waals surface area (Å²) < 4.78 is 24.1. The van der Waals surface area contributed by atoms with Crippen LogP contribution in [0.4, 0.5) is 4.39 Å². The molecule has 2 aliphatic rings. The number of aliphatic carboxylic acids is 1. The van der Waals surface area contributed by atoms with Gasteiger partial charge in [0.1, 0.15) is 5.82 Å². The third-order valence-corrected chi connectivity index (χ3v) is 5.81. The van der Waals surface area contributed by atoms with E-state index in [0.717, 1.165) is 5.56 Å². The van der Waals surface area contributed by atoms with E-state index in [0.29, 0.717) is 52.1 Å². The van der Waals surface area contributed by atoms with Gasteiger partial charge in [0.05, 0.1) is 11.3 Å². The number of rotatable bonds is 6. The molecule has 1 aromatic rings. The summed E-state index contributed by atoms with van der Waals surface area (Å²) in [4.78, 5) is 24.9. The molecule has 2 aliphatic heterocycles. The number of nitrogens with one attached hydrogen (secondary N) is 1. The first-order chi connectivity index (χ1) is 13.0. The Morgan fingerprint density at radius 3 is 2.30 bits per heavy atom. The molecule has 1 amide bonds. The Bertz CT molecular complexity index is 651. The maximum atomic E-state index is 13.3. The lowest BCUT2D eigenvalue weighted by atomic mass is 9.73. The predicted octanol–water partition coefficient (Wildman–Crippen LogP) is 2.12. The van der Waals surface area contributed by atoms with Gasteiger partial charge in [-0.2, -0.15) is 0 Å². The Morgan fingerprint density at radius 2 is 1.70 bits per heavy atom. The summed E-state index contributed by atoms with van der Waals surface area (Å²) in [5, 5.41) is 12.5. The fraction of sp³-hybridized carbons (Fsp3) is 0.600. The zero-order valence-electron chi connectivity index (χ0n) is 15.3. The number of benzene rings is 1. The zero-order valence-corrected chi connectivity index (χ0v) is 15.3. The molecule has 3 rings (SSSR count). The van der Waals surface area contributed by atoms with E-state index in [1.165, 1.54) is 12.1 Å². The van der Waals surface area contributed by atoms with E-state index >= 15 is 0 Å². The van der Waals surface area contributed by atoms with Gasteiger partial charge in [-0.05, 0) is 49.3 Å². The van der Waals surface area contributed by atoms with Gasteiger partial charge < -0.3 is 19.9 Å². The first kappa shape index (κ1) is 19.8. The summed E-state index contributed by atoms with van der Waals surface area (Å²) in [5.74, 6) is -2.11. The van der Waals surface area contributed by atoms with E-state index < -0.39 is 17.3 Å². The number of carbonyl (C=O) groups excluding carboxylic acids is 1. The molecule has 1 aromatic carbocycles. The summed E-state index contributed by atoms with van der Waals surface area (Å²) in [6, 6.07) is 5.96. The molecule has 27 heavy (non-hydrogen) atoms. The normalized spacial score (nSPS) is 21.4. The Kier molecular flexibility index (Phi) is 6.44. The van der Waals surface area contributed by atoms with Gasteiger partial charge in [0.2, 0.25) is 5.91 Å². The van der Waals surface area contributed by atoms with Crippen LogP contribution in [0.1, 0.15) is 31.2 Å². The minimum Gasteiger partial charge on any atom is -0.481 e. The highest BCUT2D eigenvalue weighted by Gasteiger charge is 2.42. The van der Waals surface area contributed by atoms with Gasteiger partial charge in [-0.1, -0.05) is 12.1 Å². The Morgan fingerprint density at radius 1 is 1.11 bits per heavy atom. The molecule has 2 N–H and O–H groups in total. The van der Waals surface area contributed by atoms with E-state index in [9.17, 15) is 19.1 Å². The molecule has 0 spiro atoms. The van der Waals surface area contributed by atoms with Crippen molar-refractivity contribution in [3.05, 3.63) is 35.6 Å². The standard InChI is InChI=1S/C20H26FNO5/c21-16-3-1-15(2-4-16)20(7-11-27-12-8-20)19(25)22-13-17(18(23)24)14-5-9-26-10-6-14/h1-4,14,17H,5-13H2,(H,22,25)(H,23,24). The number of carboxylic acids is 1. The minimum absolute atomic E-state index is 0.00647. The molecule has 1 atom stereocenters. The maximum Gasteiger partial charge on any atom is 0.308 e. The fourth-order valence-corrected chi connectivity index (χ4v) is 4.08. The van der Waals surface area contributed by atoms with Crippen LogP contribution in [0.2, 0.25) is 0 Å². The van der Waals surface area contributed by atoms with Gasteiger partial charge in [-0.25, -0.2) is 4.39 Å². The number of amides is 1. The number of halogens is 1. The molecule has 0 bridgehead atoms. The van der Waals surface area contributed by atoms with Crippen LogP contribution in [0.25, 0.3) is 0 Å². The molecule has 2 fully saturated rings. The van der Waals surface area contributed by atoms with E-state index in [-0.39, 0.29) is 24.2 Å².